The molecular weight excluding hydrogens is 483 g/mol. The molecule has 0 unspecified atom stereocenters. The molecule has 4 heterocycles. The number of amides is 2. The fourth-order valence-electron chi connectivity index (χ4n) is 5.93. The maximum absolute atomic E-state index is 13.5. The summed E-state index contributed by atoms with van der Waals surface area (Å²) in [6, 6.07) is 6.06. The second-order valence-electron chi connectivity index (χ2n) is 10.1. The first-order valence-electron chi connectivity index (χ1n) is 12.6. The molecule has 1 aliphatic carbocycles. The number of carbonyl (C=O) groups is 2. The molecule has 188 valence electrons. The van der Waals surface area contributed by atoms with Crippen molar-refractivity contribution in [2.75, 3.05) is 29.4 Å². The van der Waals surface area contributed by atoms with Crippen molar-refractivity contribution >= 4 is 40.6 Å². The van der Waals surface area contributed by atoms with E-state index in [0.717, 1.165) is 38.2 Å². The molecule has 1 saturated carbocycles. The van der Waals surface area contributed by atoms with Crippen LogP contribution in [0.25, 0.3) is 5.65 Å². The molecule has 36 heavy (non-hydrogen) atoms. The van der Waals surface area contributed by atoms with Crippen LogP contribution in [0.4, 0.5) is 15.9 Å². The number of hydrogen-bond donors (Lipinski definition) is 1. The van der Waals surface area contributed by atoms with Gasteiger partial charge in [-0.25, -0.2) is 13.9 Å². The largest absolute Gasteiger partial charge is 0.357 e. The van der Waals surface area contributed by atoms with Gasteiger partial charge in [0.1, 0.15) is 17.2 Å². The summed E-state index contributed by atoms with van der Waals surface area (Å²) in [6.07, 6.45) is 9.28. The van der Waals surface area contributed by atoms with E-state index in [1.165, 1.54) is 12.1 Å². The van der Waals surface area contributed by atoms with Crippen molar-refractivity contribution in [3.63, 3.8) is 0 Å². The lowest BCUT2D eigenvalue weighted by Gasteiger charge is -2.36. The van der Waals surface area contributed by atoms with Crippen LogP contribution in [0.15, 0.2) is 36.7 Å². The van der Waals surface area contributed by atoms with E-state index in [2.05, 4.69) is 15.3 Å². The number of halogens is 2. The third kappa shape index (κ3) is 3.99. The van der Waals surface area contributed by atoms with E-state index < -0.39 is 11.2 Å². The number of aromatic nitrogens is 3. The van der Waals surface area contributed by atoms with Gasteiger partial charge in [-0.2, -0.15) is 5.10 Å². The van der Waals surface area contributed by atoms with Crippen LogP contribution in [-0.2, 0) is 4.79 Å². The van der Waals surface area contributed by atoms with Crippen molar-refractivity contribution < 1.29 is 14.0 Å². The number of anilines is 2. The summed E-state index contributed by atoms with van der Waals surface area (Å²) in [5.74, 6) is 0.311. The monoisotopic (exact) mass is 510 g/mol. The third-order valence-electron chi connectivity index (χ3n) is 8.02. The third-order valence-corrected chi connectivity index (χ3v) is 8.32. The van der Waals surface area contributed by atoms with Gasteiger partial charge in [-0.1, -0.05) is 11.6 Å². The van der Waals surface area contributed by atoms with Crippen LogP contribution in [0.5, 0.6) is 0 Å². The van der Waals surface area contributed by atoms with Crippen LogP contribution in [0, 0.1) is 11.2 Å². The molecule has 2 aromatic heterocycles. The van der Waals surface area contributed by atoms with Crippen molar-refractivity contribution in [3.05, 3.63) is 53.1 Å². The lowest BCUT2D eigenvalue weighted by Crippen LogP contribution is -2.44. The first-order chi connectivity index (χ1) is 17.4. The smallest absolute Gasteiger partial charge is 0.256 e. The molecule has 1 aromatic carbocycles. The highest BCUT2D eigenvalue weighted by Gasteiger charge is 2.49. The van der Waals surface area contributed by atoms with Gasteiger partial charge in [0.2, 0.25) is 5.91 Å². The zero-order valence-electron chi connectivity index (χ0n) is 19.9. The predicted octanol–water partition coefficient (Wildman–Crippen LogP) is 4.22. The lowest BCUT2D eigenvalue weighted by molar-refractivity contribution is -0.127. The summed E-state index contributed by atoms with van der Waals surface area (Å²) in [5, 5.41) is 7.70. The number of nitrogens with zero attached hydrogens (tertiary/aromatic N) is 5. The Bertz CT molecular complexity index is 1330. The highest BCUT2D eigenvalue weighted by molar-refractivity contribution is 6.34. The van der Waals surface area contributed by atoms with Gasteiger partial charge in [-0.15, -0.1) is 0 Å². The molecule has 3 aliphatic rings. The van der Waals surface area contributed by atoms with E-state index in [1.54, 1.807) is 21.7 Å². The molecule has 8 nitrogen and oxygen atoms in total. The fraction of sp³-hybridized carbons (Fsp3) is 0.462. The first kappa shape index (κ1) is 23.2. The van der Waals surface area contributed by atoms with Crippen molar-refractivity contribution in [3.8, 4) is 0 Å². The Labute approximate surface area is 213 Å². The molecule has 3 aromatic rings. The van der Waals surface area contributed by atoms with Crippen molar-refractivity contribution in [2.24, 2.45) is 5.41 Å². The van der Waals surface area contributed by atoms with Crippen LogP contribution < -0.4 is 15.1 Å². The van der Waals surface area contributed by atoms with E-state index in [0.29, 0.717) is 49.1 Å². The number of carbonyl (C=O) groups excluding carboxylic acids is 2. The van der Waals surface area contributed by atoms with Crippen molar-refractivity contribution in [1.29, 1.82) is 0 Å². The molecule has 1 N–H and O–H groups in total. The summed E-state index contributed by atoms with van der Waals surface area (Å²) in [7, 11) is 0. The second kappa shape index (κ2) is 9.03. The van der Waals surface area contributed by atoms with Crippen LogP contribution in [0.2, 0.25) is 5.02 Å². The molecule has 0 atom stereocenters. The maximum atomic E-state index is 13.5. The molecule has 0 bridgehead atoms. The number of rotatable bonds is 4. The molecule has 2 amide bonds. The molecule has 3 fully saturated rings. The van der Waals surface area contributed by atoms with E-state index in [4.69, 9.17) is 16.6 Å². The maximum Gasteiger partial charge on any atom is 0.256 e. The zero-order valence-corrected chi connectivity index (χ0v) is 20.7. The Hall–Kier alpha value is -3.20. The summed E-state index contributed by atoms with van der Waals surface area (Å²) in [4.78, 5) is 35.2. The Kier molecular flexibility index (Phi) is 5.82. The molecular formula is C26H28ClFN6O2. The Morgan fingerprint density at radius 3 is 2.64 bits per heavy atom. The second-order valence-corrected chi connectivity index (χ2v) is 10.5. The first-order valence-corrected chi connectivity index (χ1v) is 13.0. The minimum absolute atomic E-state index is 0.0175. The van der Waals surface area contributed by atoms with Gasteiger partial charge in [0, 0.05) is 31.9 Å². The average molecular weight is 511 g/mol. The van der Waals surface area contributed by atoms with E-state index >= 15 is 0 Å². The van der Waals surface area contributed by atoms with Crippen LogP contribution >= 0.6 is 11.6 Å². The molecule has 2 aliphatic heterocycles. The molecule has 1 spiro atoms. The highest BCUT2D eigenvalue weighted by Crippen LogP contribution is 2.47. The topological polar surface area (TPSA) is 82.8 Å². The van der Waals surface area contributed by atoms with Gasteiger partial charge in [0.05, 0.1) is 22.3 Å². The van der Waals surface area contributed by atoms with Crippen molar-refractivity contribution in [2.45, 2.75) is 51.0 Å². The molecule has 10 heteroatoms. The van der Waals surface area contributed by atoms with Gasteiger partial charge < -0.3 is 15.1 Å². The fourth-order valence-corrected chi connectivity index (χ4v) is 6.20. The number of fused-ring (bicyclic) bond motifs is 1. The van der Waals surface area contributed by atoms with Crippen LogP contribution in [0.3, 0.4) is 0 Å². The van der Waals surface area contributed by atoms with Gasteiger partial charge >= 0.3 is 0 Å². The number of benzene rings is 1. The predicted molar refractivity (Wildman–Crippen MR) is 135 cm³/mol. The van der Waals surface area contributed by atoms with E-state index in [-0.39, 0.29) is 22.9 Å². The Morgan fingerprint density at radius 2 is 1.89 bits per heavy atom. The SMILES string of the molecule is O=C(N[C@H]1CC[C@@]2(CCN(c3ccc(F)cc3Cl)C2=O)CC1)c1cnn2ccc(N3CCCC3)nc12. The number of nitrogens with one attached hydrogen (secondary N) is 1. The lowest BCUT2D eigenvalue weighted by atomic mass is 9.71. The molecule has 0 radical (unpaired) electrons. The van der Waals surface area contributed by atoms with Crippen LogP contribution in [0.1, 0.15) is 55.3 Å². The summed E-state index contributed by atoms with van der Waals surface area (Å²) < 4.78 is 15.1. The quantitative estimate of drug-likeness (QED) is 0.568. The highest BCUT2D eigenvalue weighted by atomic mass is 35.5. The summed E-state index contributed by atoms with van der Waals surface area (Å²) in [6.45, 7) is 2.52. The van der Waals surface area contributed by atoms with Gasteiger partial charge in [0.25, 0.3) is 5.91 Å². The van der Waals surface area contributed by atoms with Crippen molar-refractivity contribution in [1.82, 2.24) is 19.9 Å². The van der Waals surface area contributed by atoms with Gasteiger partial charge in [-0.05, 0) is 69.2 Å². The Morgan fingerprint density at radius 1 is 1.11 bits per heavy atom. The van der Waals surface area contributed by atoms with E-state index in [1.807, 2.05) is 12.3 Å². The normalized spacial score (nSPS) is 24.3. The molecule has 2 saturated heterocycles. The Balaban J connectivity index is 1.12. The minimum atomic E-state index is -0.449. The summed E-state index contributed by atoms with van der Waals surface area (Å²) >= 11 is 6.22. The standard InChI is InChI=1S/C26H28ClFN6O2/c27-20-15-17(28)3-4-21(20)33-14-10-26(25(33)36)8-5-18(6-9-26)30-24(35)19-16-29-34-13-7-22(31-23(19)34)32-11-1-2-12-32/h3-4,7,13,15-16,18H,1-2,5-6,8-12,14H2,(H,30,35)/t18-,26-. The zero-order chi connectivity index (χ0) is 24.9. The van der Waals surface area contributed by atoms with Gasteiger partial charge in [-0.3, -0.25) is 9.59 Å². The molecule has 6 rings (SSSR count). The minimum Gasteiger partial charge on any atom is -0.357 e. The van der Waals surface area contributed by atoms with Gasteiger partial charge in [0.15, 0.2) is 5.65 Å². The van der Waals surface area contributed by atoms with E-state index in [9.17, 15) is 14.0 Å². The average Bonchev–Trinajstić information content (AvgIpc) is 3.61. The number of hydrogen-bond acceptors (Lipinski definition) is 5. The van der Waals surface area contributed by atoms with Crippen LogP contribution in [-0.4, -0.2) is 52.1 Å². The summed E-state index contributed by atoms with van der Waals surface area (Å²) in [5.41, 5.74) is 1.13.